The third-order valence-electron chi connectivity index (χ3n) is 2.75. The molecule has 1 heterocycles. The van der Waals surface area contributed by atoms with Gasteiger partial charge in [0.25, 0.3) is 0 Å². The highest BCUT2D eigenvalue weighted by Crippen LogP contribution is 2.27. The van der Waals surface area contributed by atoms with Crippen LogP contribution in [0.2, 0.25) is 10.2 Å². The molecule has 3 rings (SSSR count). The van der Waals surface area contributed by atoms with Gasteiger partial charge in [0, 0.05) is 21.5 Å². The first-order valence-corrected chi connectivity index (χ1v) is 6.43. The van der Waals surface area contributed by atoms with Gasteiger partial charge in [0.15, 0.2) is 11.0 Å². The van der Waals surface area contributed by atoms with Gasteiger partial charge in [-0.25, -0.2) is 0 Å². The molecule has 0 radical (unpaired) electrons. The Morgan fingerprint density at radius 3 is 2.21 bits per heavy atom. The Hall–Kier alpha value is -1.84. The van der Waals surface area contributed by atoms with Crippen molar-refractivity contribution >= 4 is 45.5 Å². The number of anilines is 2. The van der Waals surface area contributed by atoms with Gasteiger partial charge < -0.3 is 5.32 Å². The van der Waals surface area contributed by atoms with E-state index in [4.69, 9.17) is 23.2 Å². The quantitative estimate of drug-likeness (QED) is 0.744. The zero-order chi connectivity index (χ0) is 13.2. The van der Waals surface area contributed by atoms with E-state index < -0.39 is 0 Å². The first kappa shape index (κ1) is 12.2. The number of nitrogens with one attached hydrogen (secondary N) is 1. The fourth-order valence-electron chi connectivity index (χ4n) is 1.83. The highest BCUT2D eigenvalue weighted by molar-refractivity contribution is 6.34. The lowest BCUT2D eigenvalue weighted by atomic mass is 10.2. The van der Waals surface area contributed by atoms with E-state index in [-0.39, 0.29) is 0 Å². The zero-order valence-corrected chi connectivity index (χ0v) is 11.3. The summed E-state index contributed by atoms with van der Waals surface area (Å²) in [5.41, 5.74) is 0.895. The van der Waals surface area contributed by atoms with Gasteiger partial charge in [-0.05, 0) is 24.3 Å². The van der Waals surface area contributed by atoms with Crippen molar-refractivity contribution in [3.05, 3.63) is 58.7 Å². The van der Waals surface area contributed by atoms with Gasteiger partial charge in [0.05, 0.1) is 0 Å². The van der Waals surface area contributed by atoms with Gasteiger partial charge >= 0.3 is 0 Å². The fraction of sp³-hybridized carbons (Fsp3) is 0. The number of halogens is 2. The van der Waals surface area contributed by atoms with Crippen LogP contribution in [0.3, 0.4) is 0 Å². The van der Waals surface area contributed by atoms with E-state index in [9.17, 15) is 0 Å². The molecule has 0 amide bonds. The van der Waals surface area contributed by atoms with Crippen molar-refractivity contribution in [3.8, 4) is 0 Å². The Morgan fingerprint density at radius 1 is 0.789 bits per heavy atom. The minimum atomic E-state index is 0.400. The standard InChI is InChI=1S/C14H9Cl2N3/c15-9-5-7-10(8-6-9)17-14-12-4-2-1-3-11(12)13(16)18-19-14/h1-8H,(H,17,19). The summed E-state index contributed by atoms with van der Waals surface area (Å²) in [4.78, 5) is 0. The molecule has 0 aliphatic carbocycles. The van der Waals surface area contributed by atoms with Crippen molar-refractivity contribution in [3.63, 3.8) is 0 Å². The summed E-state index contributed by atoms with van der Waals surface area (Å²) in [6, 6.07) is 15.1. The molecule has 0 spiro atoms. The average Bonchev–Trinajstić information content (AvgIpc) is 2.45. The molecule has 0 bridgehead atoms. The highest BCUT2D eigenvalue weighted by atomic mass is 35.5. The Balaban J connectivity index is 2.06. The summed E-state index contributed by atoms with van der Waals surface area (Å²) in [5, 5.41) is 14.1. The summed E-state index contributed by atoms with van der Waals surface area (Å²) in [5.74, 6) is 0.669. The maximum atomic E-state index is 6.03. The third kappa shape index (κ3) is 2.48. The summed E-state index contributed by atoms with van der Waals surface area (Å²) in [7, 11) is 0. The van der Waals surface area contributed by atoms with Crippen molar-refractivity contribution in [1.82, 2.24) is 10.2 Å². The number of aromatic nitrogens is 2. The molecule has 2 aromatic carbocycles. The summed E-state index contributed by atoms with van der Waals surface area (Å²) < 4.78 is 0. The molecule has 0 aliphatic rings. The SMILES string of the molecule is Clc1ccc(Nc2nnc(Cl)c3ccccc23)cc1. The van der Waals surface area contributed by atoms with E-state index in [1.807, 2.05) is 48.5 Å². The normalized spacial score (nSPS) is 10.6. The van der Waals surface area contributed by atoms with Gasteiger partial charge in [-0.15, -0.1) is 10.2 Å². The topological polar surface area (TPSA) is 37.8 Å². The minimum absolute atomic E-state index is 0.400. The van der Waals surface area contributed by atoms with E-state index in [0.29, 0.717) is 16.0 Å². The number of fused-ring (bicyclic) bond motifs is 1. The lowest BCUT2D eigenvalue weighted by molar-refractivity contribution is 1.05. The molecule has 0 aliphatic heterocycles. The Bertz CT molecular complexity index is 726. The molecule has 0 atom stereocenters. The Morgan fingerprint density at radius 2 is 1.47 bits per heavy atom. The zero-order valence-electron chi connectivity index (χ0n) is 9.77. The van der Waals surface area contributed by atoms with Crippen molar-refractivity contribution < 1.29 is 0 Å². The number of nitrogens with zero attached hydrogens (tertiary/aromatic N) is 2. The van der Waals surface area contributed by atoms with Crippen molar-refractivity contribution in [1.29, 1.82) is 0 Å². The van der Waals surface area contributed by atoms with Crippen LogP contribution in [0.25, 0.3) is 10.8 Å². The van der Waals surface area contributed by atoms with Crippen molar-refractivity contribution in [2.24, 2.45) is 0 Å². The van der Waals surface area contributed by atoms with Gasteiger partial charge in [0.2, 0.25) is 0 Å². The van der Waals surface area contributed by atoms with Crippen LogP contribution < -0.4 is 5.32 Å². The largest absolute Gasteiger partial charge is 0.338 e. The number of benzene rings is 2. The van der Waals surface area contributed by atoms with Crippen LogP contribution in [0.15, 0.2) is 48.5 Å². The van der Waals surface area contributed by atoms with Gasteiger partial charge in [-0.3, -0.25) is 0 Å². The first-order valence-electron chi connectivity index (χ1n) is 5.67. The summed E-state index contributed by atoms with van der Waals surface area (Å²) in [6.07, 6.45) is 0. The number of rotatable bonds is 2. The Kier molecular flexibility index (Phi) is 3.23. The maximum Gasteiger partial charge on any atom is 0.161 e. The molecule has 0 fully saturated rings. The molecule has 0 saturated carbocycles. The average molecular weight is 290 g/mol. The molecule has 19 heavy (non-hydrogen) atoms. The van der Waals surface area contributed by atoms with Crippen LogP contribution in [-0.4, -0.2) is 10.2 Å². The van der Waals surface area contributed by atoms with Crippen LogP contribution in [0.5, 0.6) is 0 Å². The molecule has 3 nitrogen and oxygen atoms in total. The van der Waals surface area contributed by atoms with Crippen LogP contribution >= 0.6 is 23.2 Å². The fourth-order valence-corrected chi connectivity index (χ4v) is 2.16. The van der Waals surface area contributed by atoms with Gasteiger partial charge in [-0.2, -0.15) is 0 Å². The van der Waals surface area contributed by atoms with Gasteiger partial charge in [0.1, 0.15) is 0 Å². The van der Waals surface area contributed by atoms with E-state index in [2.05, 4.69) is 15.5 Å². The van der Waals surface area contributed by atoms with E-state index in [0.717, 1.165) is 16.5 Å². The van der Waals surface area contributed by atoms with E-state index >= 15 is 0 Å². The molecule has 0 saturated heterocycles. The third-order valence-corrected chi connectivity index (χ3v) is 3.28. The van der Waals surface area contributed by atoms with Crippen LogP contribution in [-0.2, 0) is 0 Å². The minimum Gasteiger partial charge on any atom is -0.338 e. The maximum absolute atomic E-state index is 6.03. The summed E-state index contributed by atoms with van der Waals surface area (Å²) in [6.45, 7) is 0. The smallest absolute Gasteiger partial charge is 0.161 e. The molecule has 1 N–H and O–H groups in total. The second kappa shape index (κ2) is 5.03. The second-order valence-electron chi connectivity index (χ2n) is 4.02. The van der Waals surface area contributed by atoms with E-state index in [1.54, 1.807) is 0 Å². The molecule has 94 valence electrons. The van der Waals surface area contributed by atoms with Crippen LogP contribution in [0.4, 0.5) is 11.5 Å². The Labute approximate surface area is 120 Å². The molecular weight excluding hydrogens is 281 g/mol. The lowest BCUT2D eigenvalue weighted by Crippen LogP contribution is -1.97. The second-order valence-corrected chi connectivity index (χ2v) is 4.81. The molecule has 0 unspecified atom stereocenters. The predicted molar refractivity (Wildman–Crippen MR) is 79.3 cm³/mol. The van der Waals surface area contributed by atoms with Gasteiger partial charge in [-0.1, -0.05) is 47.5 Å². The molecular formula is C14H9Cl2N3. The molecule has 3 aromatic rings. The van der Waals surface area contributed by atoms with E-state index in [1.165, 1.54) is 0 Å². The van der Waals surface area contributed by atoms with Crippen LogP contribution in [0.1, 0.15) is 0 Å². The first-order chi connectivity index (χ1) is 9.24. The predicted octanol–water partition coefficient (Wildman–Crippen LogP) is 4.68. The molecule has 5 heteroatoms. The summed E-state index contributed by atoms with van der Waals surface area (Å²) >= 11 is 11.9. The lowest BCUT2D eigenvalue weighted by Gasteiger charge is -2.08. The highest BCUT2D eigenvalue weighted by Gasteiger charge is 2.07. The van der Waals surface area contributed by atoms with Crippen molar-refractivity contribution in [2.75, 3.05) is 5.32 Å². The number of hydrogen-bond acceptors (Lipinski definition) is 3. The monoisotopic (exact) mass is 289 g/mol. The van der Waals surface area contributed by atoms with Crippen molar-refractivity contribution in [2.45, 2.75) is 0 Å². The molecule has 1 aromatic heterocycles. The number of hydrogen-bond donors (Lipinski definition) is 1. The van der Waals surface area contributed by atoms with Crippen LogP contribution in [0, 0.1) is 0 Å².